The van der Waals surface area contributed by atoms with Crippen molar-refractivity contribution in [3.63, 3.8) is 0 Å². The molecule has 0 fully saturated rings. The minimum Gasteiger partial charge on any atom is -0.319 e. The minimum atomic E-state index is -0.451. The quantitative estimate of drug-likeness (QED) is 0.780. The van der Waals surface area contributed by atoms with Gasteiger partial charge in [-0.2, -0.15) is 0 Å². The van der Waals surface area contributed by atoms with Gasteiger partial charge in [-0.3, -0.25) is 4.79 Å². The third-order valence-electron chi connectivity index (χ3n) is 2.49. The van der Waals surface area contributed by atoms with Gasteiger partial charge in [0.15, 0.2) is 0 Å². The summed E-state index contributed by atoms with van der Waals surface area (Å²) >= 11 is 6.62. The van der Waals surface area contributed by atoms with E-state index in [1.807, 2.05) is 13.0 Å². The zero-order valence-corrected chi connectivity index (χ0v) is 13.2. The van der Waals surface area contributed by atoms with Crippen LogP contribution in [0, 0.1) is 12.7 Å². The number of hydrogen-bond acceptors (Lipinski definition) is 1. The van der Waals surface area contributed by atoms with Crippen molar-refractivity contribution in [1.82, 2.24) is 0 Å². The fraction of sp³-hybridized carbons (Fsp3) is 0.0714. The third-order valence-corrected chi connectivity index (χ3v) is 3.41. The number of nitrogens with one attached hydrogen (secondary N) is 1. The average Bonchev–Trinajstić information content (AvgIpc) is 2.32. The van der Waals surface area contributed by atoms with E-state index in [1.165, 1.54) is 6.07 Å². The molecule has 2 rings (SSSR count). The highest BCUT2D eigenvalue weighted by Crippen LogP contribution is 2.22. The van der Waals surface area contributed by atoms with E-state index in [1.54, 1.807) is 24.3 Å². The average molecular weight is 387 g/mol. The van der Waals surface area contributed by atoms with Crippen LogP contribution in [0.1, 0.15) is 15.9 Å². The van der Waals surface area contributed by atoms with Gasteiger partial charge in [-0.15, -0.1) is 0 Å². The summed E-state index contributed by atoms with van der Waals surface area (Å²) < 4.78 is 15.1. The molecule has 0 bridgehead atoms. The molecule has 0 saturated heterocycles. The Morgan fingerprint density at radius 1 is 1.11 bits per heavy atom. The molecule has 0 aliphatic carbocycles. The monoisotopic (exact) mass is 385 g/mol. The second kappa shape index (κ2) is 5.84. The number of benzene rings is 2. The van der Waals surface area contributed by atoms with Gasteiger partial charge < -0.3 is 5.32 Å². The van der Waals surface area contributed by atoms with E-state index in [2.05, 4.69) is 37.2 Å². The smallest absolute Gasteiger partial charge is 0.255 e. The van der Waals surface area contributed by atoms with Crippen LogP contribution in [-0.2, 0) is 0 Å². The first kappa shape index (κ1) is 14.2. The first-order valence-corrected chi connectivity index (χ1v) is 7.08. The van der Waals surface area contributed by atoms with E-state index >= 15 is 0 Å². The molecule has 0 atom stereocenters. The van der Waals surface area contributed by atoms with Crippen LogP contribution in [0.2, 0.25) is 0 Å². The Morgan fingerprint density at radius 2 is 1.74 bits per heavy atom. The Hall–Kier alpha value is -1.20. The Kier molecular flexibility index (Phi) is 4.37. The third kappa shape index (κ3) is 3.64. The van der Waals surface area contributed by atoms with E-state index in [4.69, 9.17) is 0 Å². The summed E-state index contributed by atoms with van der Waals surface area (Å²) in [4.78, 5) is 12.1. The van der Waals surface area contributed by atoms with Crippen LogP contribution < -0.4 is 5.32 Å². The van der Waals surface area contributed by atoms with Gasteiger partial charge in [-0.05, 0) is 42.8 Å². The van der Waals surface area contributed by atoms with E-state index in [0.29, 0.717) is 5.56 Å². The SMILES string of the molecule is Cc1ccc(F)c(NC(=O)c2cc(Br)cc(Br)c2)c1. The van der Waals surface area contributed by atoms with Crippen molar-refractivity contribution >= 4 is 43.5 Å². The highest BCUT2D eigenvalue weighted by molar-refractivity contribution is 9.11. The summed E-state index contributed by atoms with van der Waals surface area (Å²) in [5.74, 6) is -0.806. The first-order chi connectivity index (χ1) is 8.95. The maximum atomic E-state index is 13.6. The highest BCUT2D eigenvalue weighted by Gasteiger charge is 2.10. The fourth-order valence-corrected chi connectivity index (χ4v) is 2.91. The molecule has 2 aromatic rings. The molecular formula is C14H10Br2FNO. The van der Waals surface area contributed by atoms with Crippen LogP contribution in [0.25, 0.3) is 0 Å². The molecule has 2 nitrogen and oxygen atoms in total. The number of carbonyl (C=O) groups excluding carboxylic acids is 1. The van der Waals surface area contributed by atoms with Gasteiger partial charge in [-0.25, -0.2) is 4.39 Å². The second-order valence-corrected chi connectivity index (χ2v) is 5.93. The van der Waals surface area contributed by atoms with Gasteiger partial charge in [0.05, 0.1) is 5.69 Å². The van der Waals surface area contributed by atoms with Gasteiger partial charge in [0.2, 0.25) is 0 Å². The van der Waals surface area contributed by atoms with E-state index < -0.39 is 5.82 Å². The summed E-state index contributed by atoms with van der Waals surface area (Å²) in [6, 6.07) is 9.76. The maximum absolute atomic E-state index is 13.6. The van der Waals surface area contributed by atoms with Crippen LogP contribution in [0.15, 0.2) is 45.3 Å². The Morgan fingerprint density at radius 3 is 2.37 bits per heavy atom. The Bertz CT molecular complexity index is 623. The molecule has 0 aliphatic rings. The summed E-state index contributed by atoms with van der Waals surface area (Å²) in [6.07, 6.45) is 0. The molecule has 0 saturated carbocycles. The van der Waals surface area contributed by atoms with Crippen molar-refractivity contribution in [1.29, 1.82) is 0 Å². The van der Waals surface area contributed by atoms with Crippen LogP contribution in [0.3, 0.4) is 0 Å². The van der Waals surface area contributed by atoms with E-state index in [0.717, 1.165) is 14.5 Å². The molecule has 2 aromatic carbocycles. The first-order valence-electron chi connectivity index (χ1n) is 5.49. The molecular weight excluding hydrogens is 377 g/mol. The molecule has 0 unspecified atom stereocenters. The topological polar surface area (TPSA) is 29.1 Å². The molecule has 1 amide bonds. The predicted molar refractivity (Wildman–Crippen MR) is 80.9 cm³/mol. The summed E-state index contributed by atoms with van der Waals surface area (Å²) in [7, 11) is 0. The molecule has 1 N–H and O–H groups in total. The number of hydrogen-bond donors (Lipinski definition) is 1. The second-order valence-electron chi connectivity index (χ2n) is 4.10. The van der Waals surface area contributed by atoms with Crippen LogP contribution in [0.5, 0.6) is 0 Å². The number of aryl methyl sites for hydroxylation is 1. The molecule has 0 spiro atoms. The van der Waals surface area contributed by atoms with Crippen LogP contribution >= 0.6 is 31.9 Å². The van der Waals surface area contributed by atoms with Crippen molar-refractivity contribution in [3.8, 4) is 0 Å². The predicted octanol–water partition coefficient (Wildman–Crippen LogP) is 4.91. The lowest BCUT2D eigenvalue weighted by Gasteiger charge is -2.08. The van der Waals surface area contributed by atoms with Crippen molar-refractivity contribution in [3.05, 3.63) is 62.3 Å². The normalized spacial score (nSPS) is 10.3. The fourth-order valence-electron chi connectivity index (χ4n) is 1.61. The molecule has 0 radical (unpaired) electrons. The van der Waals surface area contributed by atoms with Crippen molar-refractivity contribution in [2.75, 3.05) is 5.32 Å². The lowest BCUT2D eigenvalue weighted by atomic mass is 10.2. The summed E-state index contributed by atoms with van der Waals surface area (Å²) in [5.41, 5.74) is 1.51. The number of carbonyl (C=O) groups is 1. The number of anilines is 1. The lowest BCUT2D eigenvalue weighted by Crippen LogP contribution is -2.13. The van der Waals surface area contributed by atoms with Crippen LogP contribution in [0.4, 0.5) is 10.1 Å². The molecule has 19 heavy (non-hydrogen) atoms. The number of halogens is 3. The maximum Gasteiger partial charge on any atom is 0.255 e. The van der Waals surface area contributed by atoms with E-state index in [-0.39, 0.29) is 11.6 Å². The summed E-state index contributed by atoms with van der Waals surface area (Å²) in [5, 5.41) is 2.57. The van der Waals surface area contributed by atoms with Crippen LogP contribution in [-0.4, -0.2) is 5.91 Å². The zero-order chi connectivity index (χ0) is 14.0. The molecule has 0 aromatic heterocycles. The van der Waals surface area contributed by atoms with Gasteiger partial charge in [0, 0.05) is 14.5 Å². The molecule has 98 valence electrons. The summed E-state index contributed by atoms with van der Waals surface area (Å²) in [6.45, 7) is 1.84. The van der Waals surface area contributed by atoms with Gasteiger partial charge in [0.25, 0.3) is 5.91 Å². The molecule has 0 heterocycles. The molecule has 5 heteroatoms. The number of amides is 1. The lowest BCUT2D eigenvalue weighted by molar-refractivity contribution is 0.102. The van der Waals surface area contributed by atoms with Gasteiger partial charge >= 0.3 is 0 Å². The zero-order valence-electron chi connectivity index (χ0n) is 10.0. The van der Waals surface area contributed by atoms with Gasteiger partial charge in [-0.1, -0.05) is 37.9 Å². The Balaban J connectivity index is 2.28. The van der Waals surface area contributed by atoms with Crippen molar-refractivity contribution in [2.45, 2.75) is 6.92 Å². The number of rotatable bonds is 2. The minimum absolute atomic E-state index is 0.182. The van der Waals surface area contributed by atoms with Crippen molar-refractivity contribution in [2.24, 2.45) is 0 Å². The van der Waals surface area contributed by atoms with Gasteiger partial charge in [0.1, 0.15) is 5.82 Å². The Labute approximate surface area is 127 Å². The highest BCUT2D eigenvalue weighted by atomic mass is 79.9. The van der Waals surface area contributed by atoms with Crippen molar-refractivity contribution < 1.29 is 9.18 Å². The molecule has 0 aliphatic heterocycles. The largest absolute Gasteiger partial charge is 0.319 e. The van der Waals surface area contributed by atoms with E-state index in [9.17, 15) is 9.18 Å². The standard InChI is InChI=1S/C14H10Br2FNO/c1-8-2-3-12(17)13(4-8)18-14(19)9-5-10(15)7-11(16)6-9/h2-7H,1H3,(H,18,19).